The summed E-state index contributed by atoms with van der Waals surface area (Å²) in [6, 6.07) is 26.6. The normalized spacial score (nSPS) is 17.2. The molecular formula is C27H25N5O2S. The fraction of sp³-hybridized carbons (Fsp3) is 0.148. The Morgan fingerprint density at radius 1 is 1.03 bits per heavy atom. The predicted octanol–water partition coefficient (Wildman–Crippen LogP) is 4.49. The number of para-hydroxylation sites is 3. The minimum absolute atomic E-state index is 0.0891. The Balaban J connectivity index is 1.54. The zero-order chi connectivity index (χ0) is 24.2. The molecule has 176 valence electrons. The number of hydrogen-bond acceptors (Lipinski definition) is 4. The quantitative estimate of drug-likeness (QED) is 0.378. The summed E-state index contributed by atoms with van der Waals surface area (Å²) < 4.78 is 7.71. The van der Waals surface area contributed by atoms with Crippen molar-refractivity contribution < 1.29 is 9.53 Å². The second-order valence-electron chi connectivity index (χ2n) is 8.14. The molecule has 0 saturated carbocycles. The SMILES string of the molecule is COc1ccccc1-n1cccc1C1C(c2ccccn2)NC(=S)N1CC(=O)Nc1ccccc1. The molecule has 1 amide bonds. The van der Waals surface area contributed by atoms with E-state index in [1.54, 1.807) is 13.3 Å². The number of hydrogen-bond donors (Lipinski definition) is 2. The first-order valence-electron chi connectivity index (χ1n) is 11.3. The standard InChI is InChI=1S/C27H25N5O2S/c1-34-23-15-6-5-13-21(23)31-17-9-14-22(31)26-25(20-12-7-8-16-28-20)30-27(35)32(26)18-24(33)29-19-10-3-2-4-11-19/h2-17,25-26H,18H2,1H3,(H,29,33)(H,30,35). The number of aromatic nitrogens is 2. The molecule has 5 rings (SSSR count). The number of carbonyl (C=O) groups is 1. The van der Waals surface area contributed by atoms with Crippen LogP contribution in [0.15, 0.2) is 97.3 Å². The molecule has 0 bridgehead atoms. The Hall–Kier alpha value is -4.17. The second-order valence-corrected chi connectivity index (χ2v) is 8.53. The molecule has 0 spiro atoms. The van der Waals surface area contributed by atoms with E-state index >= 15 is 0 Å². The molecule has 2 aromatic carbocycles. The van der Waals surface area contributed by atoms with Gasteiger partial charge in [-0.15, -0.1) is 0 Å². The van der Waals surface area contributed by atoms with Crippen molar-refractivity contribution in [1.82, 2.24) is 19.8 Å². The van der Waals surface area contributed by atoms with Gasteiger partial charge in [0.1, 0.15) is 12.3 Å². The van der Waals surface area contributed by atoms with Crippen molar-refractivity contribution in [2.75, 3.05) is 19.0 Å². The Kier molecular flexibility index (Phi) is 6.45. The zero-order valence-electron chi connectivity index (χ0n) is 19.2. The minimum Gasteiger partial charge on any atom is -0.495 e. The topological polar surface area (TPSA) is 71.4 Å². The maximum atomic E-state index is 13.0. The van der Waals surface area contributed by atoms with Crippen LogP contribution in [-0.2, 0) is 4.79 Å². The minimum atomic E-state index is -0.279. The lowest BCUT2D eigenvalue weighted by Crippen LogP contribution is -2.37. The van der Waals surface area contributed by atoms with Crippen LogP contribution in [-0.4, -0.2) is 39.1 Å². The fourth-order valence-electron chi connectivity index (χ4n) is 4.46. The maximum Gasteiger partial charge on any atom is 0.244 e. The summed E-state index contributed by atoms with van der Waals surface area (Å²) in [5, 5.41) is 6.87. The third-order valence-corrected chi connectivity index (χ3v) is 6.35. The van der Waals surface area contributed by atoms with Gasteiger partial charge in [0, 0.05) is 23.8 Å². The first kappa shape index (κ1) is 22.6. The third kappa shape index (κ3) is 4.61. The van der Waals surface area contributed by atoms with Crippen LogP contribution < -0.4 is 15.4 Å². The fourth-order valence-corrected chi connectivity index (χ4v) is 4.76. The van der Waals surface area contributed by atoms with E-state index in [4.69, 9.17) is 17.0 Å². The van der Waals surface area contributed by atoms with Crippen molar-refractivity contribution in [3.05, 3.63) is 109 Å². The number of anilines is 1. The number of pyridine rings is 1. The van der Waals surface area contributed by atoms with E-state index in [1.807, 2.05) is 96.0 Å². The van der Waals surface area contributed by atoms with Gasteiger partial charge in [0.2, 0.25) is 5.91 Å². The third-order valence-electron chi connectivity index (χ3n) is 6.00. The number of ether oxygens (including phenoxy) is 1. The van der Waals surface area contributed by atoms with Gasteiger partial charge in [-0.1, -0.05) is 36.4 Å². The number of carbonyl (C=O) groups excluding carboxylic acids is 1. The van der Waals surface area contributed by atoms with E-state index in [9.17, 15) is 4.79 Å². The van der Waals surface area contributed by atoms with E-state index in [-0.39, 0.29) is 24.5 Å². The lowest BCUT2D eigenvalue weighted by molar-refractivity contribution is -0.116. The van der Waals surface area contributed by atoms with E-state index in [0.29, 0.717) is 5.11 Å². The number of thiocarbonyl (C=S) groups is 1. The molecule has 1 aliphatic heterocycles. The van der Waals surface area contributed by atoms with Gasteiger partial charge < -0.3 is 24.8 Å². The Morgan fingerprint density at radius 2 is 1.80 bits per heavy atom. The van der Waals surface area contributed by atoms with Gasteiger partial charge >= 0.3 is 0 Å². The molecule has 2 unspecified atom stereocenters. The summed E-state index contributed by atoms with van der Waals surface area (Å²) in [5.41, 5.74) is 3.45. The lowest BCUT2D eigenvalue weighted by Gasteiger charge is -2.28. The van der Waals surface area contributed by atoms with Crippen LogP contribution in [0, 0.1) is 0 Å². The van der Waals surface area contributed by atoms with Crippen molar-refractivity contribution in [3.63, 3.8) is 0 Å². The van der Waals surface area contributed by atoms with Crippen molar-refractivity contribution in [1.29, 1.82) is 0 Å². The molecular weight excluding hydrogens is 458 g/mol. The zero-order valence-corrected chi connectivity index (χ0v) is 20.0. The van der Waals surface area contributed by atoms with Gasteiger partial charge in [0.15, 0.2) is 5.11 Å². The second kappa shape index (κ2) is 9.99. The van der Waals surface area contributed by atoms with Gasteiger partial charge in [-0.3, -0.25) is 9.78 Å². The summed E-state index contributed by atoms with van der Waals surface area (Å²) >= 11 is 5.73. The van der Waals surface area contributed by atoms with Crippen molar-refractivity contribution in [3.8, 4) is 11.4 Å². The molecule has 1 saturated heterocycles. The molecule has 4 aromatic rings. The van der Waals surface area contributed by atoms with Crippen LogP contribution in [0.1, 0.15) is 23.5 Å². The molecule has 2 N–H and O–H groups in total. The molecule has 8 heteroatoms. The van der Waals surface area contributed by atoms with Gasteiger partial charge in [-0.05, 0) is 60.7 Å². The predicted molar refractivity (Wildman–Crippen MR) is 140 cm³/mol. The van der Waals surface area contributed by atoms with E-state index < -0.39 is 0 Å². The van der Waals surface area contributed by atoms with Gasteiger partial charge in [-0.2, -0.15) is 0 Å². The van der Waals surface area contributed by atoms with E-state index in [0.717, 1.165) is 28.5 Å². The molecule has 7 nitrogen and oxygen atoms in total. The van der Waals surface area contributed by atoms with Crippen molar-refractivity contribution in [2.45, 2.75) is 12.1 Å². The Morgan fingerprint density at radius 3 is 2.57 bits per heavy atom. The number of rotatable bonds is 7. The monoisotopic (exact) mass is 483 g/mol. The Bertz CT molecular complexity index is 1330. The Labute approximate surface area is 209 Å². The van der Waals surface area contributed by atoms with Crippen LogP contribution in [0.3, 0.4) is 0 Å². The van der Waals surface area contributed by atoms with E-state index in [1.165, 1.54) is 0 Å². The average Bonchev–Trinajstić information content (AvgIpc) is 3.49. The van der Waals surface area contributed by atoms with Crippen LogP contribution in [0.25, 0.3) is 5.69 Å². The largest absolute Gasteiger partial charge is 0.495 e. The number of amides is 1. The molecule has 0 aliphatic carbocycles. The van der Waals surface area contributed by atoms with Crippen molar-refractivity contribution >= 4 is 28.9 Å². The van der Waals surface area contributed by atoms with Crippen LogP contribution in [0.4, 0.5) is 5.69 Å². The summed E-state index contributed by atoms with van der Waals surface area (Å²) in [6.45, 7) is 0.0891. The van der Waals surface area contributed by atoms with Crippen LogP contribution in [0.2, 0.25) is 0 Å². The molecule has 0 radical (unpaired) electrons. The smallest absolute Gasteiger partial charge is 0.244 e. The summed E-state index contributed by atoms with van der Waals surface area (Å²) in [7, 11) is 1.66. The maximum absolute atomic E-state index is 13.0. The summed E-state index contributed by atoms with van der Waals surface area (Å²) in [4.78, 5) is 19.6. The molecule has 2 atom stereocenters. The molecule has 2 aromatic heterocycles. The number of nitrogens with one attached hydrogen (secondary N) is 2. The van der Waals surface area contributed by atoms with Crippen molar-refractivity contribution in [2.24, 2.45) is 0 Å². The van der Waals surface area contributed by atoms with Gasteiger partial charge in [-0.25, -0.2) is 0 Å². The van der Waals surface area contributed by atoms with Crippen LogP contribution >= 0.6 is 12.2 Å². The molecule has 1 aliphatic rings. The van der Waals surface area contributed by atoms with Gasteiger partial charge in [0.25, 0.3) is 0 Å². The summed E-state index contributed by atoms with van der Waals surface area (Å²) in [5.74, 6) is 0.601. The lowest BCUT2D eigenvalue weighted by atomic mass is 10.0. The number of nitrogens with zero attached hydrogens (tertiary/aromatic N) is 3. The first-order chi connectivity index (χ1) is 17.2. The number of benzene rings is 2. The highest BCUT2D eigenvalue weighted by Crippen LogP contribution is 2.40. The summed E-state index contributed by atoms with van der Waals surface area (Å²) in [6.07, 6.45) is 3.76. The first-order valence-corrected chi connectivity index (χ1v) is 11.7. The molecule has 1 fully saturated rings. The van der Waals surface area contributed by atoms with Gasteiger partial charge in [0.05, 0.1) is 30.6 Å². The molecule has 35 heavy (non-hydrogen) atoms. The van der Waals surface area contributed by atoms with Crippen LogP contribution in [0.5, 0.6) is 5.75 Å². The highest BCUT2D eigenvalue weighted by atomic mass is 32.1. The molecule has 3 heterocycles. The average molecular weight is 484 g/mol. The highest BCUT2D eigenvalue weighted by Gasteiger charge is 2.42. The highest BCUT2D eigenvalue weighted by molar-refractivity contribution is 7.80. The number of methoxy groups -OCH3 is 1. The van der Waals surface area contributed by atoms with E-state index in [2.05, 4.69) is 20.2 Å².